The van der Waals surface area contributed by atoms with Crippen LogP contribution in [-0.2, 0) is 0 Å². The minimum atomic E-state index is 0.670. The van der Waals surface area contributed by atoms with Crippen LogP contribution in [0.3, 0.4) is 0 Å². The molecule has 18 heavy (non-hydrogen) atoms. The van der Waals surface area contributed by atoms with Crippen molar-refractivity contribution in [3.05, 3.63) is 18.7 Å². The highest BCUT2D eigenvalue weighted by atomic mass is 15.0. The van der Waals surface area contributed by atoms with Crippen LogP contribution < -0.4 is 5.32 Å². The second kappa shape index (κ2) is 4.56. The molecule has 0 aromatic carbocycles. The van der Waals surface area contributed by atoms with Crippen molar-refractivity contribution >= 4 is 28.0 Å². The first kappa shape index (κ1) is 10.9. The van der Waals surface area contributed by atoms with E-state index in [0.29, 0.717) is 11.3 Å². The number of unbranched alkanes of at least 4 members (excludes halogenated alkanes) is 1. The van der Waals surface area contributed by atoms with E-state index in [-0.39, 0.29) is 0 Å². The molecule has 0 aliphatic heterocycles. The van der Waals surface area contributed by atoms with Crippen molar-refractivity contribution in [3.63, 3.8) is 0 Å². The lowest BCUT2D eigenvalue weighted by Crippen LogP contribution is -2.04. The maximum Gasteiger partial charge on any atom is 0.179 e. The van der Waals surface area contributed by atoms with Crippen LogP contribution in [0.4, 0.5) is 5.82 Å². The van der Waals surface area contributed by atoms with Crippen LogP contribution in [0.2, 0.25) is 0 Å². The first-order valence-electron chi connectivity index (χ1n) is 6.07. The molecule has 0 aliphatic rings. The van der Waals surface area contributed by atoms with E-state index in [0.717, 1.165) is 36.1 Å². The molecule has 92 valence electrons. The fourth-order valence-corrected chi connectivity index (χ4v) is 1.87. The summed E-state index contributed by atoms with van der Waals surface area (Å²) in [6.07, 6.45) is 5.43. The largest absolute Gasteiger partial charge is 0.369 e. The summed E-state index contributed by atoms with van der Waals surface area (Å²) in [5.74, 6) is 0.831. The van der Waals surface area contributed by atoms with Gasteiger partial charge in [-0.2, -0.15) is 0 Å². The van der Waals surface area contributed by atoms with Crippen molar-refractivity contribution in [1.29, 1.82) is 0 Å². The number of fused-ring (bicyclic) bond motifs is 2. The summed E-state index contributed by atoms with van der Waals surface area (Å²) in [5.41, 5.74) is 2.25. The van der Waals surface area contributed by atoms with Crippen LogP contribution >= 0.6 is 0 Å². The van der Waals surface area contributed by atoms with Gasteiger partial charge in [-0.25, -0.2) is 19.9 Å². The zero-order chi connectivity index (χ0) is 12.4. The Kier molecular flexibility index (Phi) is 2.76. The normalized spacial score (nSPS) is 11.2. The molecule has 0 unspecified atom stereocenters. The molecule has 6 heteroatoms. The Bertz CT molecular complexity index is 674. The second-order valence-electron chi connectivity index (χ2n) is 4.14. The highest BCUT2D eigenvalue weighted by Gasteiger charge is 2.07. The predicted octanol–water partition coefficient (Wildman–Crippen LogP) is 2.11. The van der Waals surface area contributed by atoms with Gasteiger partial charge in [0, 0.05) is 6.54 Å². The zero-order valence-corrected chi connectivity index (χ0v) is 10.1. The van der Waals surface area contributed by atoms with Gasteiger partial charge in [-0.1, -0.05) is 13.3 Å². The smallest absolute Gasteiger partial charge is 0.179 e. The van der Waals surface area contributed by atoms with Gasteiger partial charge < -0.3 is 10.3 Å². The van der Waals surface area contributed by atoms with Gasteiger partial charge in [-0.3, -0.25) is 0 Å². The molecule has 0 atom stereocenters. The summed E-state index contributed by atoms with van der Waals surface area (Å²) >= 11 is 0. The van der Waals surface area contributed by atoms with Gasteiger partial charge in [0.2, 0.25) is 0 Å². The van der Waals surface area contributed by atoms with E-state index in [4.69, 9.17) is 0 Å². The Balaban J connectivity index is 2.07. The minimum absolute atomic E-state index is 0.670. The number of aromatic amines is 1. The number of anilines is 1. The van der Waals surface area contributed by atoms with Gasteiger partial charge in [0.1, 0.15) is 12.1 Å². The molecule has 0 radical (unpaired) electrons. The molecule has 0 saturated heterocycles. The van der Waals surface area contributed by atoms with Crippen molar-refractivity contribution in [3.8, 4) is 0 Å². The van der Waals surface area contributed by atoms with Gasteiger partial charge >= 0.3 is 0 Å². The standard InChI is InChI=1S/C12H14N6/c1-2-3-4-13-10-8-5-9-12(17-6-14-9)18-11(8)16-7-15-10/h5-7H,2-4H2,1H3,(H2,13,14,15,16,17,18). The predicted molar refractivity (Wildman–Crippen MR) is 70.4 cm³/mol. The third-order valence-corrected chi connectivity index (χ3v) is 2.83. The van der Waals surface area contributed by atoms with Crippen molar-refractivity contribution in [2.45, 2.75) is 19.8 Å². The Morgan fingerprint density at radius 1 is 1.22 bits per heavy atom. The summed E-state index contributed by atoms with van der Waals surface area (Å²) in [6.45, 7) is 3.07. The maximum absolute atomic E-state index is 4.39. The average molecular weight is 242 g/mol. The zero-order valence-electron chi connectivity index (χ0n) is 10.1. The van der Waals surface area contributed by atoms with Gasteiger partial charge in [0.05, 0.1) is 17.2 Å². The number of nitrogens with one attached hydrogen (secondary N) is 2. The molecule has 2 N–H and O–H groups in total. The number of aromatic nitrogens is 5. The number of hydrogen-bond acceptors (Lipinski definition) is 5. The first-order valence-corrected chi connectivity index (χ1v) is 6.07. The molecular formula is C12H14N6. The van der Waals surface area contributed by atoms with E-state index in [9.17, 15) is 0 Å². The number of nitrogens with zero attached hydrogens (tertiary/aromatic N) is 4. The Labute approximate surface area is 104 Å². The van der Waals surface area contributed by atoms with Crippen LogP contribution in [0.5, 0.6) is 0 Å². The lowest BCUT2D eigenvalue weighted by molar-refractivity contribution is 0.831. The molecule has 0 aliphatic carbocycles. The second-order valence-corrected chi connectivity index (χ2v) is 4.14. The Hall–Kier alpha value is -2.24. The number of rotatable bonds is 4. The topological polar surface area (TPSA) is 79.4 Å². The van der Waals surface area contributed by atoms with Crippen LogP contribution in [0, 0.1) is 0 Å². The highest BCUT2D eigenvalue weighted by Crippen LogP contribution is 2.20. The molecule has 0 saturated carbocycles. The molecular weight excluding hydrogens is 228 g/mol. The van der Waals surface area contributed by atoms with Gasteiger partial charge in [-0.05, 0) is 12.5 Å². The number of H-pyrrole nitrogens is 1. The summed E-state index contributed by atoms with van der Waals surface area (Å²) in [6, 6.07) is 1.99. The molecule has 3 heterocycles. The Morgan fingerprint density at radius 2 is 2.17 bits per heavy atom. The quantitative estimate of drug-likeness (QED) is 0.685. The fourth-order valence-electron chi connectivity index (χ4n) is 1.87. The third kappa shape index (κ3) is 1.85. The lowest BCUT2D eigenvalue weighted by Gasteiger charge is -2.06. The van der Waals surface area contributed by atoms with E-state index in [1.807, 2.05) is 6.07 Å². The Morgan fingerprint density at radius 3 is 3.06 bits per heavy atom. The van der Waals surface area contributed by atoms with Crippen molar-refractivity contribution in [2.24, 2.45) is 0 Å². The molecule has 3 aromatic heterocycles. The molecule has 0 amide bonds. The van der Waals surface area contributed by atoms with Crippen LogP contribution in [0.1, 0.15) is 19.8 Å². The van der Waals surface area contributed by atoms with Crippen LogP contribution in [-0.4, -0.2) is 31.5 Å². The highest BCUT2D eigenvalue weighted by molar-refractivity contribution is 5.93. The molecule has 6 nitrogen and oxygen atoms in total. The van der Waals surface area contributed by atoms with Crippen molar-refractivity contribution in [1.82, 2.24) is 24.9 Å². The monoisotopic (exact) mass is 242 g/mol. The van der Waals surface area contributed by atoms with E-state index < -0.39 is 0 Å². The lowest BCUT2D eigenvalue weighted by atomic mass is 10.3. The van der Waals surface area contributed by atoms with E-state index in [1.54, 1.807) is 6.33 Å². The van der Waals surface area contributed by atoms with E-state index >= 15 is 0 Å². The number of pyridine rings is 1. The average Bonchev–Trinajstić information content (AvgIpc) is 2.84. The molecule has 3 rings (SSSR count). The SMILES string of the molecule is CCCCNc1ncnc2nc3nc[nH]c3cc12. The summed E-state index contributed by atoms with van der Waals surface area (Å²) in [7, 11) is 0. The molecule has 0 bridgehead atoms. The number of hydrogen-bond donors (Lipinski definition) is 2. The molecule has 3 aromatic rings. The maximum atomic E-state index is 4.39. The summed E-state index contributed by atoms with van der Waals surface area (Å²) in [5, 5.41) is 4.24. The van der Waals surface area contributed by atoms with Gasteiger partial charge in [-0.15, -0.1) is 0 Å². The van der Waals surface area contributed by atoms with Crippen molar-refractivity contribution < 1.29 is 0 Å². The summed E-state index contributed by atoms with van der Waals surface area (Å²) in [4.78, 5) is 20.0. The minimum Gasteiger partial charge on any atom is -0.369 e. The van der Waals surface area contributed by atoms with Crippen LogP contribution in [0.25, 0.3) is 22.2 Å². The van der Waals surface area contributed by atoms with Crippen molar-refractivity contribution in [2.75, 3.05) is 11.9 Å². The van der Waals surface area contributed by atoms with E-state index in [1.165, 1.54) is 6.33 Å². The first-order chi connectivity index (χ1) is 8.88. The van der Waals surface area contributed by atoms with Gasteiger partial charge in [0.25, 0.3) is 0 Å². The third-order valence-electron chi connectivity index (χ3n) is 2.83. The van der Waals surface area contributed by atoms with Gasteiger partial charge in [0.15, 0.2) is 11.3 Å². The molecule has 0 fully saturated rings. The van der Waals surface area contributed by atoms with Crippen LogP contribution in [0.15, 0.2) is 18.7 Å². The molecule has 0 spiro atoms. The number of imidazole rings is 1. The fraction of sp³-hybridized carbons (Fsp3) is 0.333. The summed E-state index contributed by atoms with van der Waals surface area (Å²) < 4.78 is 0. The van der Waals surface area contributed by atoms with E-state index in [2.05, 4.69) is 37.2 Å².